The Morgan fingerprint density at radius 3 is 2.88 bits per heavy atom. The van der Waals surface area contributed by atoms with Gasteiger partial charge in [0.2, 0.25) is 0 Å². The van der Waals surface area contributed by atoms with Gasteiger partial charge in [0.25, 0.3) is 0 Å². The standard InChI is InChI=1S/C19H31N3O2.HI/c1-4-20-18(22-15-19(2)11-7-13-24-19)21-12-6-9-16-8-5-10-17(14-16)23-3;/h5,8,10,14H,4,6-7,9,11-13,15H2,1-3H3,(H2,20,21,22);1H. The molecule has 1 aromatic rings. The first-order valence-corrected chi connectivity index (χ1v) is 8.94. The molecule has 1 atom stereocenters. The number of guanidine groups is 1. The van der Waals surface area contributed by atoms with Crippen LogP contribution in [0.3, 0.4) is 0 Å². The predicted octanol–water partition coefficient (Wildman–Crippen LogP) is 3.37. The summed E-state index contributed by atoms with van der Waals surface area (Å²) in [7, 11) is 1.70. The van der Waals surface area contributed by atoms with E-state index < -0.39 is 0 Å². The Labute approximate surface area is 169 Å². The lowest BCUT2D eigenvalue weighted by atomic mass is 10.0. The lowest BCUT2D eigenvalue weighted by Crippen LogP contribution is -2.39. The highest BCUT2D eigenvalue weighted by molar-refractivity contribution is 14.0. The van der Waals surface area contributed by atoms with Gasteiger partial charge in [-0.1, -0.05) is 12.1 Å². The number of benzene rings is 1. The molecule has 1 fully saturated rings. The highest BCUT2D eigenvalue weighted by atomic mass is 127. The van der Waals surface area contributed by atoms with Gasteiger partial charge in [0.15, 0.2) is 5.96 Å². The maximum Gasteiger partial charge on any atom is 0.191 e. The van der Waals surface area contributed by atoms with Gasteiger partial charge >= 0.3 is 0 Å². The zero-order chi connectivity index (χ0) is 17.3. The molecule has 1 aliphatic heterocycles. The molecular weight excluding hydrogens is 429 g/mol. The number of nitrogens with zero attached hydrogens (tertiary/aromatic N) is 1. The maximum atomic E-state index is 5.80. The Hall–Kier alpha value is -1.02. The van der Waals surface area contributed by atoms with Crippen LogP contribution in [-0.2, 0) is 11.2 Å². The minimum absolute atomic E-state index is 0. The molecule has 142 valence electrons. The van der Waals surface area contributed by atoms with Gasteiger partial charge in [-0.3, -0.25) is 4.99 Å². The summed E-state index contributed by atoms with van der Waals surface area (Å²) >= 11 is 0. The third-order valence-electron chi connectivity index (χ3n) is 4.29. The number of aryl methyl sites for hydroxylation is 1. The van der Waals surface area contributed by atoms with Gasteiger partial charge in [-0.15, -0.1) is 24.0 Å². The number of ether oxygens (including phenoxy) is 2. The Balaban J connectivity index is 0.00000312. The Kier molecular flexibility index (Phi) is 10.2. The highest BCUT2D eigenvalue weighted by Gasteiger charge is 2.29. The van der Waals surface area contributed by atoms with Crippen LogP contribution in [-0.4, -0.2) is 44.9 Å². The molecule has 1 saturated heterocycles. The van der Waals surface area contributed by atoms with E-state index in [1.807, 2.05) is 12.1 Å². The fraction of sp³-hybridized carbons (Fsp3) is 0.632. The van der Waals surface area contributed by atoms with Gasteiger partial charge in [0.1, 0.15) is 5.75 Å². The van der Waals surface area contributed by atoms with Crippen LogP contribution in [0.1, 0.15) is 38.7 Å². The summed E-state index contributed by atoms with van der Waals surface area (Å²) < 4.78 is 11.1. The average Bonchev–Trinajstić information content (AvgIpc) is 3.03. The number of nitrogens with one attached hydrogen (secondary N) is 2. The second kappa shape index (κ2) is 11.6. The summed E-state index contributed by atoms with van der Waals surface area (Å²) in [5, 5.41) is 6.72. The van der Waals surface area contributed by atoms with Crippen LogP contribution in [0.4, 0.5) is 0 Å². The molecule has 0 aromatic heterocycles. The summed E-state index contributed by atoms with van der Waals surface area (Å²) in [6, 6.07) is 8.25. The average molecular weight is 461 g/mol. The van der Waals surface area contributed by atoms with Gasteiger partial charge in [0, 0.05) is 19.7 Å². The molecular formula is C19H32IN3O2. The smallest absolute Gasteiger partial charge is 0.191 e. The molecule has 2 rings (SSSR count). The first kappa shape index (κ1) is 22.0. The van der Waals surface area contributed by atoms with Gasteiger partial charge in [-0.05, 0) is 57.2 Å². The quantitative estimate of drug-likeness (QED) is 0.270. The van der Waals surface area contributed by atoms with Gasteiger partial charge < -0.3 is 20.1 Å². The van der Waals surface area contributed by atoms with Gasteiger partial charge in [-0.25, -0.2) is 0 Å². The molecule has 1 unspecified atom stereocenters. The van der Waals surface area contributed by atoms with Crippen LogP contribution in [0.15, 0.2) is 29.3 Å². The molecule has 1 heterocycles. The molecule has 5 nitrogen and oxygen atoms in total. The van der Waals surface area contributed by atoms with Crippen molar-refractivity contribution in [2.45, 2.75) is 45.1 Å². The van der Waals surface area contributed by atoms with Crippen LogP contribution in [0.25, 0.3) is 0 Å². The van der Waals surface area contributed by atoms with Crippen molar-refractivity contribution in [1.29, 1.82) is 0 Å². The SMILES string of the molecule is CCNC(=NCC1(C)CCCO1)NCCCc1cccc(OC)c1.I. The molecule has 2 N–H and O–H groups in total. The third-order valence-corrected chi connectivity index (χ3v) is 4.29. The van der Waals surface area contributed by atoms with E-state index in [9.17, 15) is 0 Å². The number of rotatable bonds is 8. The third kappa shape index (κ3) is 7.81. The van der Waals surface area contributed by atoms with Crippen molar-refractivity contribution in [3.05, 3.63) is 29.8 Å². The summed E-state index contributed by atoms with van der Waals surface area (Å²) in [4.78, 5) is 4.69. The first-order chi connectivity index (χ1) is 11.6. The van der Waals surface area contributed by atoms with E-state index in [0.717, 1.165) is 57.1 Å². The fourth-order valence-corrected chi connectivity index (χ4v) is 2.88. The van der Waals surface area contributed by atoms with Crippen molar-refractivity contribution >= 4 is 29.9 Å². The minimum atomic E-state index is -0.0943. The number of methoxy groups -OCH3 is 1. The van der Waals surface area contributed by atoms with E-state index >= 15 is 0 Å². The molecule has 0 spiro atoms. The number of aliphatic imine (C=N–C) groups is 1. The zero-order valence-electron chi connectivity index (χ0n) is 15.6. The minimum Gasteiger partial charge on any atom is -0.497 e. The monoisotopic (exact) mass is 461 g/mol. The molecule has 0 radical (unpaired) electrons. The molecule has 0 saturated carbocycles. The van der Waals surface area contributed by atoms with Crippen LogP contribution in [0, 0.1) is 0 Å². The molecule has 6 heteroatoms. The number of hydrogen-bond acceptors (Lipinski definition) is 3. The zero-order valence-corrected chi connectivity index (χ0v) is 18.0. The van der Waals surface area contributed by atoms with E-state index in [1.165, 1.54) is 5.56 Å². The van der Waals surface area contributed by atoms with E-state index in [0.29, 0.717) is 6.54 Å². The molecule has 0 bridgehead atoms. The van der Waals surface area contributed by atoms with Crippen molar-refractivity contribution in [2.75, 3.05) is 33.4 Å². The van der Waals surface area contributed by atoms with Gasteiger partial charge in [0.05, 0.1) is 19.3 Å². The van der Waals surface area contributed by atoms with Crippen molar-refractivity contribution in [1.82, 2.24) is 10.6 Å². The molecule has 0 amide bonds. The predicted molar refractivity (Wildman–Crippen MR) is 114 cm³/mol. The van der Waals surface area contributed by atoms with Crippen molar-refractivity contribution in [3.63, 3.8) is 0 Å². The second-order valence-corrected chi connectivity index (χ2v) is 6.48. The maximum absolute atomic E-state index is 5.80. The summed E-state index contributed by atoms with van der Waals surface area (Å²) in [5.74, 6) is 1.79. The summed E-state index contributed by atoms with van der Waals surface area (Å²) in [6.07, 6.45) is 4.29. The normalized spacial score (nSPS) is 20.0. The van der Waals surface area contributed by atoms with E-state index in [1.54, 1.807) is 7.11 Å². The van der Waals surface area contributed by atoms with E-state index in [4.69, 9.17) is 9.47 Å². The van der Waals surface area contributed by atoms with Crippen molar-refractivity contribution in [3.8, 4) is 5.75 Å². The van der Waals surface area contributed by atoms with Crippen LogP contribution < -0.4 is 15.4 Å². The van der Waals surface area contributed by atoms with E-state index in [-0.39, 0.29) is 29.6 Å². The van der Waals surface area contributed by atoms with Crippen LogP contribution in [0.2, 0.25) is 0 Å². The lowest BCUT2D eigenvalue weighted by molar-refractivity contribution is 0.0283. The summed E-state index contributed by atoms with van der Waals surface area (Å²) in [5.41, 5.74) is 1.20. The van der Waals surface area contributed by atoms with Crippen LogP contribution >= 0.6 is 24.0 Å². The number of hydrogen-bond donors (Lipinski definition) is 2. The Morgan fingerprint density at radius 2 is 2.20 bits per heavy atom. The largest absolute Gasteiger partial charge is 0.497 e. The topological polar surface area (TPSA) is 54.9 Å². The van der Waals surface area contributed by atoms with Crippen molar-refractivity contribution < 1.29 is 9.47 Å². The lowest BCUT2D eigenvalue weighted by Gasteiger charge is -2.21. The highest BCUT2D eigenvalue weighted by Crippen LogP contribution is 2.24. The Morgan fingerprint density at radius 1 is 1.36 bits per heavy atom. The number of halogens is 1. The second-order valence-electron chi connectivity index (χ2n) is 6.48. The first-order valence-electron chi connectivity index (χ1n) is 8.94. The van der Waals surface area contributed by atoms with E-state index in [2.05, 4.69) is 41.6 Å². The van der Waals surface area contributed by atoms with Crippen LogP contribution in [0.5, 0.6) is 5.75 Å². The molecule has 25 heavy (non-hydrogen) atoms. The fourth-order valence-electron chi connectivity index (χ4n) is 2.88. The van der Waals surface area contributed by atoms with Crippen molar-refractivity contribution in [2.24, 2.45) is 4.99 Å². The summed E-state index contributed by atoms with van der Waals surface area (Å²) in [6.45, 7) is 7.55. The molecule has 0 aliphatic carbocycles. The molecule has 1 aliphatic rings. The molecule has 1 aromatic carbocycles. The Bertz CT molecular complexity index is 531. The van der Waals surface area contributed by atoms with Gasteiger partial charge in [-0.2, -0.15) is 0 Å².